The summed E-state index contributed by atoms with van der Waals surface area (Å²) in [7, 11) is 0. The van der Waals surface area contributed by atoms with Gasteiger partial charge >= 0.3 is 18.1 Å². The molecule has 0 heterocycles. The van der Waals surface area contributed by atoms with E-state index in [1.54, 1.807) is 6.07 Å². The maximum atomic E-state index is 12.3. The number of aliphatic carboxylic acids is 1. The number of nitrogens with zero attached hydrogens (tertiary/aromatic N) is 2. The van der Waals surface area contributed by atoms with Crippen LogP contribution in [0.4, 0.5) is 13.2 Å². The zero-order valence-corrected chi connectivity index (χ0v) is 10.0. The Hall–Kier alpha value is -2.56. The summed E-state index contributed by atoms with van der Waals surface area (Å²) in [5.41, 5.74) is 0.445. The predicted molar refractivity (Wildman–Crippen MR) is 60.3 cm³/mol. The zero-order chi connectivity index (χ0) is 15.3. The molecule has 1 aromatic carbocycles. The molecule has 0 spiro atoms. The number of rotatable bonds is 3. The van der Waals surface area contributed by atoms with Crippen molar-refractivity contribution in [2.45, 2.75) is 12.7 Å². The number of amides is 1. The molecule has 0 aliphatic carbocycles. The third kappa shape index (κ3) is 4.61. The second-order valence-electron chi connectivity index (χ2n) is 3.89. The highest BCUT2D eigenvalue weighted by atomic mass is 19.4. The first-order chi connectivity index (χ1) is 9.23. The number of hydrogen-bond donors (Lipinski definition) is 1. The molecule has 0 aliphatic rings. The van der Waals surface area contributed by atoms with Gasteiger partial charge in [0.2, 0.25) is 0 Å². The molecule has 0 fully saturated rings. The van der Waals surface area contributed by atoms with E-state index in [0.717, 1.165) is 0 Å². The van der Waals surface area contributed by atoms with Gasteiger partial charge in [0.1, 0.15) is 6.54 Å². The Balaban J connectivity index is 2.97. The van der Waals surface area contributed by atoms with Crippen LogP contribution in [0.25, 0.3) is 0 Å². The molecule has 0 bridgehead atoms. The molecule has 0 radical (unpaired) electrons. The minimum Gasteiger partial charge on any atom is -0.474 e. The lowest BCUT2D eigenvalue weighted by Gasteiger charge is -2.22. The third-order valence-electron chi connectivity index (χ3n) is 2.27. The van der Waals surface area contributed by atoms with Crippen LogP contribution in [0.1, 0.15) is 11.1 Å². The van der Waals surface area contributed by atoms with E-state index in [-0.39, 0.29) is 16.0 Å². The van der Waals surface area contributed by atoms with Gasteiger partial charge in [-0.05, 0) is 17.7 Å². The smallest absolute Gasteiger partial charge is 0.406 e. The number of halogens is 3. The lowest BCUT2D eigenvalue weighted by Crippen LogP contribution is -2.42. The minimum atomic E-state index is -4.71. The Kier molecular flexibility index (Phi) is 4.69. The Morgan fingerprint density at radius 2 is 2.00 bits per heavy atom. The van der Waals surface area contributed by atoms with Crippen LogP contribution in [-0.2, 0) is 16.1 Å². The van der Waals surface area contributed by atoms with Crippen molar-refractivity contribution in [3.8, 4) is 6.07 Å². The van der Waals surface area contributed by atoms with Crippen molar-refractivity contribution >= 4 is 11.9 Å². The molecule has 1 N–H and O–H groups in total. The average Bonchev–Trinajstić information content (AvgIpc) is 2.35. The fourth-order valence-corrected chi connectivity index (χ4v) is 1.51. The summed E-state index contributed by atoms with van der Waals surface area (Å²) in [6.07, 6.45) is -4.71. The Morgan fingerprint density at radius 1 is 1.35 bits per heavy atom. The average molecular weight is 286 g/mol. The van der Waals surface area contributed by atoms with Gasteiger partial charge in [0.05, 0.1) is 11.6 Å². The Morgan fingerprint density at radius 3 is 2.50 bits per heavy atom. The normalized spacial score (nSPS) is 10.7. The predicted octanol–water partition coefficient (Wildman–Crippen LogP) is 1.53. The topological polar surface area (TPSA) is 81.4 Å². The van der Waals surface area contributed by atoms with E-state index < -0.39 is 31.1 Å². The molecule has 1 aromatic rings. The van der Waals surface area contributed by atoms with Gasteiger partial charge in [0.25, 0.3) is 0 Å². The second kappa shape index (κ2) is 6.06. The number of carbonyl (C=O) groups excluding carboxylic acids is 1. The molecule has 0 aromatic heterocycles. The number of carbonyl (C=O) groups is 2. The fraction of sp³-hybridized carbons (Fsp3) is 0.250. The van der Waals surface area contributed by atoms with Crippen molar-refractivity contribution in [2.24, 2.45) is 0 Å². The molecule has 20 heavy (non-hydrogen) atoms. The van der Waals surface area contributed by atoms with E-state index in [2.05, 4.69) is 0 Å². The number of hydrogen-bond acceptors (Lipinski definition) is 3. The molecule has 8 heteroatoms. The van der Waals surface area contributed by atoms with Gasteiger partial charge in [-0.3, -0.25) is 4.79 Å². The Bertz CT molecular complexity index is 564. The van der Waals surface area contributed by atoms with Crippen LogP contribution in [0.3, 0.4) is 0 Å². The van der Waals surface area contributed by atoms with E-state index in [0.29, 0.717) is 0 Å². The molecule has 0 aliphatic heterocycles. The first-order valence-electron chi connectivity index (χ1n) is 5.31. The van der Waals surface area contributed by atoms with Crippen molar-refractivity contribution in [1.82, 2.24) is 4.90 Å². The maximum Gasteiger partial charge on any atom is 0.406 e. The first kappa shape index (κ1) is 15.5. The number of carboxylic acid groups (broad SMARTS) is 1. The Labute approximate surface area is 111 Å². The summed E-state index contributed by atoms with van der Waals surface area (Å²) < 4.78 is 37.0. The number of carboxylic acids is 1. The molecular formula is C12H9F3N2O3. The van der Waals surface area contributed by atoms with Crippen molar-refractivity contribution in [3.63, 3.8) is 0 Å². The SMILES string of the molecule is N#Cc1cccc(CN(CC(F)(F)F)C(=O)C(=O)O)c1. The van der Waals surface area contributed by atoms with Crippen LogP contribution in [0.2, 0.25) is 0 Å². The molecule has 106 valence electrons. The molecule has 5 nitrogen and oxygen atoms in total. The molecule has 1 amide bonds. The minimum absolute atomic E-state index is 0.165. The summed E-state index contributed by atoms with van der Waals surface area (Å²) in [5.74, 6) is -3.62. The lowest BCUT2D eigenvalue weighted by molar-refractivity contribution is -0.170. The van der Waals surface area contributed by atoms with Crippen LogP contribution >= 0.6 is 0 Å². The second-order valence-corrected chi connectivity index (χ2v) is 3.89. The van der Waals surface area contributed by atoms with Gasteiger partial charge in [-0.15, -0.1) is 0 Å². The monoisotopic (exact) mass is 286 g/mol. The van der Waals surface area contributed by atoms with Crippen molar-refractivity contribution in [1.29, 1.82) is 5.26 Å². The summed E-state index contributed by atoms with van der Waals surface area (Å²) in [6, 6.07) is 7.37. The first-order valence-corrected chi connectivity index (χ1v) is 5.31. The summed E-state index contributed by atoms with van der Waals surface area (Å²) in [4.78, 5) is 21.9. The molecule has 0 saturated carbocycles. The zero-order valence-electron chi connectivity index (χ0n) is 10.0. The van der Waals surface area contributed by atoms with Gasteiger partial charge < -0.3 is 10.0 Å². The highest BCUT2D eigenvalue weighted by molar-refractivity contribution is 6.31. The standard InChI is InChI=1S/C12H9F3N2O3/c13-12(14,15)7-17(10(18)11(19)20)6-9-3-1-2-8(4-9)5-16/h1-4H,6-7H2,(H,19,20). The van der Waals surface area contributed by atoms with Crippen LogP contribution < -0.4 is 0 Å². The van der Waals surface area contributed by atoms with E-state index in [1.807, 2.05) is 0 Å². The van der Waals surface area contributed by atoms with Crippen molar-refractivity contribution in [3.05, 3.63) is 35.4 Å². The largest absolute Gasteiger partial charge is 0.474 e. The van der Waals surface area contributed by atoms with Crippen LogP contribution in [-0.4, -0.2) is 34.6 Å². The number of alkyl halides is 3. The van der Waals surface area contributed by atoms with Crippen LogP contribution in [0.15, 0.2) is 24.3 Å². The lowest BCUT2D eigenvalue weighted by atomic mass is 10.1. The third-order valence-corrected chi connectivity index (χ3v) is 2.27. The highest BCUT2D eigenvalue weighted by Crippen LogP contribution is 2.18. The van der Waals surface area contributed by atoms with Gasteiger partial charge in [-0.1, -0.05) is 12.1 Å². The fourth-order valence-electron chi connectivity index (χ4n) is 1.51. The van der Waals surface area contributed by atoms with E-state index >= 15 is 0 Å². The van der Waals surface area contributed by atoms with E-state index in [9.17, 15) is 22.8 Å². The molecule has 1 rings (SSSR count). The van der Waals surface area contributed by atoms with Gasteiger partial charge in [0.15, 0.2) is 0 Å². The van der Waals surface area contributed by atoms with Crippen LogP contribution in [0.5, 0.6) is 0 Å². The quantitative estimate of drug-likeness (QED) is 0.854. The summed E-state index contributed by atoms with van der Waals surface area (Å²) in [5, 5.41) is 17.2. The number of nitriles is 1. The molecule has 0 atom stereocenters. The van der Waals surface area contributed by atoms with E-state index in [4.69, 9.17) is 10.4 Å². The van der Waals surface area contributed by atoms with E-state index in [1.165, 1.54) is 24.3 Å². The molecular weight excluding hydrogens is 277 g/mol. The summed E-state index contributed by atoms with van der Waals surface area (Å²) >= 11 is 0. The maximum absolute atomic E-state index is 12.3. The van der Waals surface area contributed by atoms with Gasteiger partial charge in [0, 0.05) is 6.54 Å². The molecule has 0 unspecified atom stereocenters. The van der Waals surface area contributed by atoms with Crippen LogP contribution in [0, 0.1) is 11.3 Å². The van der Waals surface area contributed by atoms with Crippen molar-refractivity contribution < 1.29 is 27.9 Å². The van der Waals surface area contributed by atoms with Crippen molar-refractivity contribution in [2.75, 3.05) is 6.54 Å². The molecule has 0 saturated heterocycles. The highest BCUT2D eigenvalue weighted by Gasteiger charge is 2.35. The van der Waals surface area contributed by atoms with Gasteiger partial charge in [-0.2, -0.15) is 18.4 Å². The number of benzene rings is 1. The van der Waals surface area contributed by atoms with Gasteiger partial charge in [-0.25, -0.2) is 4.79 Å². The summed E-state index contributed by atoms with van der Waals surface area (Å²) in [6.45, 7) is -2.21.